The Kier molecular flexibility index (Phi) is 4.17. The van der Waals surface area contributed by atoms with Crippen LogP contribution in [0.5, 0.6) is 5.75 Å². The molecule has 0 aliphatic heterocycles. The van der Waals surface area contributed by atoms with Crippen LogP contribution in [0.4, 0.5) is 0 Å². The fraction of sp³-hybridized carbons (Fsp3) is 0.176. The van der Waals surface area contributed by atoms with Gasteiger partial charge in [0.25, 0.3) is 0 Å². The number of rotatable bonds is 3. The zero-order chi connectivity index (χ0) is 14.5. The fourth-order valence-electron chi connectivity index (χ4n) is 1.69. The zero-order valence-corrected chi connectivity index (χ0v) is 11.5. The molecule has 0 N–H and O–H groups in total. The normalized spacial score (nSPS) is 10.1. The van der Waals surface area contributed by atoms with Gasteiger partial charge in [0.1, 0.15) is 5.75 Å². The molecule has 2 rings (SSSR count). The molecule has 0 atom stereocenters. The first-order valence-electron chi connectivity index (χ1n) is 6.42. The molecule has 100 valence electrons. The van der Waals surface area contributed by atoms with E-state index in [1.165, 1.54) is 0 Å². The molecule has 3 nitrogen and oxygen atoms in total. The summed E-state index contributed by atoms with van der Waals surface area (Å²) in [7, 11) is 0. The minimum atomic E-state index is -0.240. The minimum absolute atomic E-state index is 0.145. The van der Waals surface area contributed by atoms with Crippen molar-refractivity contribution in [3.8, 4) is 22.9 Å². The van der Waals surface area contributed by atoms with E-state index < -0.39 is 0 Å². The Balaban J connectivity index is 2.15. The molecular formula is C17H15NO2. The van der Waals surface area contributed by atoms with Crippen LogP contribution in [0.1, 0.15) is 19.4 Å². The van der Waals surface area contributed by atoms with Gasteiger partial charge in [-0.1, -0.05) is 38.1 Å². The molecular weight excluding hydrogens is 250 g/mol. The van der Waals surface area contributed by atoms with Crippen molar-refractivity contribution in [2.24, 2.45) is 5.92 Å². The molecule has 0 aliphatic rings. The van der Waals surface area contributed by atoms with Crippen LogP contribution in [-0.4, -0.2) is 5.97 Å². The molecule has 0 spiro atoms. The van der Waals surface area contributed by atoms with Gasteiger partial charge in [-0.25, -0.2) is 0 Å². The lowest BCUT2D eigenvalue weighted by Crippen LogP contribution is -2.14. The molecule has 0 saturated carbocycles. The van der Waals surface area contributed by atoms with Crippen LogP contribution in [0.3, 0.4) is 0 Å². The van der Waals surface area contributed by atoms with Crippen LogP contribution in [0, 0.1) is 17.2 Å². The number of carbonyl (C=O) groups excluding carboxylic acids is 1. The van der Waals surface area contributed by atoms with E-state index in [0.717, 1.165) is 11.1 Å². The molecule has 20 heavy (non-hydrogen) atoms. The first-order chi connectivity index (χ1) is 9.60. The van der Waals surface area contributed by atoms with Crippen molar-refractivity contribution in [3.63, 3.8) is 0 Å². The van der Waals surface area contributed by atoms with Crippen molar-refractivity contribution in [1.29, 1.82) is 5.26 Å². The number of benzene rings is 2. The Morgan fingerprint density at radius 3 is 1.95 bits per heavy atom. The second-order valence-corrected chi connectivity index (χ2v) is 4.79. The number of nitrogens with zero attached hydrogens (tertiary/aromatic N) is 1. The van der Waals surface area contributed by atoms with E-state index in [2.05, 4.69) is 6.07 Å². The van der Waals surface area contributed by atoms with E-state index in [-0.39, 0.29) is 11.9 Å². The van der Waals surface area contributed by atoms with E-state index in [1.807, 2.05) is 24.3 Å². The van der Waals surface area contributed by atoms with Crippen molar-refractivity contribution in [2.75, 3.05) is 0 Å². The molecule has 0 saturated heterocycles. The lowest BCUT2D eigenvalue weighted by atomic mass is 10.0. The summed E-state index contributed by atoms with van der Waals surface area (Å²) in [5, 5.41) is 8.77. The van der Waals surface area contributed by atoms with Gasteiger partial charge in [0, 0.05) is 0 Å². The summed E-state index contributed by atoms with van der Waals surface area (Å²) in [6, 6.07) is 16.8. The molecule has 0 amide bonds. The molecule has 2 aromatic carbocycles. The van der Waals surface area contributed by atoms with Crippen molar-refractivity contribution in [1.82, 2.24) is 0 Å². The molecule has 0 fully saturated rings. The third-order valence-electron chi connectivity index (χ3n) is 2.89. The topological polar surface area (TPSA) is 50.1 Å². The van der Waals surface area contributed by atoms with Crippen LogP contribution in [0.15, 0.2) is 48.5 Å². The number of carbonyl (C=O) groups is 1. The van der Waals surface area contributed by atoms with Gasteiger partial charge in [-0.3, -0.25) is 4.79 Å². The van der Waals surface area contributed by atoms with Crippen LogP contribution in [0.2, 0.25) is 0 Å². The average Bonchev–Trinajstić information content (AvgIpc) is 2.48. The van der Waals surface area contributed by atoms with Gasteiger partial charge in [-0.2, -0.15) is 5.26 Å². The Hall–Kier alpha value is -2.60. The summed E-state index contributed by atoms with van der Waals surface area (Å²) >= 11 is 0. The average molecular weight is 265 g/mol. The Labute approximate surface area is 118 Å². The maximum absolute atomic E-state index is 11.5. The highest BCUT2D eigenvalue weighted by Gasteiger charge is 2.09. The Morgan fingerprint density at radius 1 is 1.00 bits per heavy atom. The van der Waals surface area contributed by atoms with Gasteiger partial charge in [0.15, 0.2) is 0 Å². The van der Waals surface area contributed by atoms with Gasteiger partial charge >= 0.3 is 5.97 Å². The molecule has 0 heterocycles. The number of nitriles is 1. The molecule has 0 bridgehead atoms. The highest BCUT2D eigenvalue weighted by Crippen LogP contribution is 2.23. The third kappa shape index (κ3) is 3.24. The largest absolute Gasteiger partial charge is 0.426 e. The van der Waals surface area contributed by atoms with Crippen LogP contribution < -0.4 is 4.74 Å². The van der Waals surface area contributed by atoms with Gasteiger partial charge < -0.3 is 4.74 Å². The maximum atomic E-state index is 11.5. The fourth-order valence-corrected chi connectivity index (χ4v) is 1.69. The lowest BCUT2D eigenvalue weighted by molar-refractivity contribution is -0.137. The van der Waals surface area contributed by atoms with E-state index in [9.17, 15) is 4.79 Å². The van der Waals surface area contributed by atoms with Crippen molar-refractivity contribution < 1.29 is 9.53 Å². The van der Waals surface area contributed by atoms with Crippen molar-refractivity contribution in [3.05, 3.63) is 54.1 Å². The SMILES string of the molecule is CC(C)C(=O)Oc1ccc(-c2ccc(C#N)cc2)cc1. The smallest absolute Gasteiger partial charge is 0.313 e. The predicted molar refractivity (Wildman–Crippen MR) is 77.1 cm³/mol. The van der Waals surface area contributed by atoms with E-state index in [0.29, 0.717) is 11.3 Å². The number of ether oxygens (including phenoxy) is 1. The number of hydrogen-bond acceptors (Lipinski definition) is 3. The van der Waals surface area contributed by atoms with Gasteiger partial charge in [0.05, 0.1) is 17.6 Å². The van der Waals surface area contributed by atoms with Gasteiger partial charge in [-0.05, 0) is 35.4 Å². The maximum Gasteiger partial charge on any atom is 0.313 e. The van der Waals surface area contributed by atoms with E-state index in [4.69, 9.17) is 10.00 Å². The Morgan fingerprint density at radius 2 is 1.50 bits per heavy atom. The third-order valence-corrected chi connectivity index (χ3v) is 2.89. The lowest BCUT2D eigenvalue weighted by Gasteiger charge is -2.07. The van der Waals surface area contributed by atoms with E-state index in [1.54, 1.807) is 38.1 Å². The van der Waals surface area contributed by atoms with Crippen molar-refractivity contribution in [2.45, 2.75) is 13.8 Å². The summed E-state index contributed by atoms with van der Waals surface area (Å²) in [4.78, 5) is 11.5. The summed E-state index contributed by atoms with van der Waals surface area (Å²) < 4.78 is 5.22. The Bertz CT molecular complexity index is 634. The van der Waals surface area contributed by atoms with Gasteiger partial charge in [-0.15, -0.1) is 0 Å². The zero-order valence-electron chi connectivity index (χ0n) is 11.5. The molecule has 0 radical (unpaired) electrons. The van der Waals surface area contributed by atoms with Crippen LogP contribution >= 0.6 is 0 Å². The molecule has 0 aliphatic carbocycles. The number of esters is 1. The van der Waals surface area contributed by atoms with Crippen LogP contribution in [0.25, 0.3) is 11.1 Å². The first-order valence-corrected chi connectivity index (χ1v) is 6.42. The quantitative estimate of drug-likeness (QED) is 0.626. The minimum Gasteiger partial charge on any atom is -0.426 e. The highest BCUT2D eigenvalue weighted by atomic mass is 16.5. The van der Waals surface area contributed by atoms with Gasteiger partial charge in [0.2, 0.25) is 0 Å². The first kappa shape index (κ1) is 13.8. The highest BCUT2D eigenvalue weighted by molar-refractivity contribution is 5.74. The molecule has 2 aromatic rings. The summed E-state index contributed by atoms with van der Waals surface area (Å²) in [5.74, 6) is 0.158. The van der Waals surface area contributed by atoms with E-state index >= 15 is 0 Å². The predicted octanol–water partition coefficient (Wildman–Crippen LogP) is 3.79. The monoisotopic (exact) mass is 265 g/mol. The second-order valence-electron chi connectivity index (χ2n) is 4.79. The molecule has 0 unspecified atom stereocenters. The summed E-state index contributed by atoms with van der Waals surface area (Å²) in [6.07, 6.45) is 0. The molecule has 0 aromatic heterocycles. The summed E-state index contributed by atoms with van der Waals surface area (Å²) in [5.41, 5.74) is 2.67. The number of hydrogen-bond donors (Lipinski definition) is 0. The van der Waals surface area contributed by atoms with Crippen molar-refractivity contribution >= 4 is 5.97 Å². The molecule has 3 heteroatoms. The standard InChI is InChI=1S/C17H15NO2/c1-12(2)17(19)20-16-9-7-15(8-10-16)14-5-3-13(11-18)4-6-14/h3-10,12H,1-2H3. The second kappa shape index (κ2) is 6.03. The van der Waals surface area contributed by atoms with Crippen LogP contribution in [-0.2, 0) is 4.79 Å². The summed E-state index contributed by atoms with van der Waals surface area (Å²) in [6.45, 7) is 3.60.